The summed E-state index contributed by atoms with van der Waals surface area (Å²) in [5.74, 6) is 1.80. The van der Waals surface area contributed by atoms with E-state index in [4.69, 9.17) is 4.99 Å². The molecule has 0 amide bonds. The average Bonchev–Trinajstić information content (AvgIpc) is 3.18. The molecule has 154 valence electrons. The van der Waals surface area contributed by atoms with Crippen LogP contribution in [0.15, 0.2) is 60.0 Å². The molecule has 0 spiro atoms. The number of H-pyrrole nitrogens is 1. The zero-order chi connectivity index (χ0) is 19.8. The topological polar surface area (TPSA) is 69.2 Å². The normalized spacial score (nSPS) is 11.1. The van der Waals surface area contributed by atoms with Gasteiger partial charge in [0.25, 0.3) is 0 Å². The highest BCUT2D eigenvalue weighted by molar-refractivity contribution is 14.0. The maximum absolute atomic E-state index is 4.78. The summed E-state index contributed by atoms with van der Waals surface area (Å²) < 4.78 is 0. The van der Waals surface area contributed by atoms with Crippen molar-refractivity contribution in [3.8, 4) is 11.3 Å². The SMILES string of the molecule is CCNC(=NCCc1ccncc1C)N(C)Cc1ncc(-c2ccccc2)[nH]1.I. The Morgan fingerprint density at radius 3 is 2.69 bits per heavy atom. The van der Waals surface area contributed by atoms with Gasteiger partial charge in [0, 0.05) is 32.5 Å². The minimum atomic E-state index is 0. The van der Waals surface area contributed by atoms with E-state index >= 15 is 0 Å². The molecule has 2 N–H and O–H groups in total. The van der Waals surface area contributed by atoms with E-state index in [-0.39, 0.29) is 24.0 Å². The van der Waals surface area contributed by atoms with E-state index in [1.165, 1.54) is 11.1 Å². The van der Waals surface area contributed by atoms with Crippen LogP contribution in [0.5, 0.6) is 0 Å². The van der Waals surface area contributed by atoms with Gasteiger partial charge in [-0.3, -0.25) is 9.98 Å². The molecule has 0 radical (unpaired) electrons. The van der Waals surface area contributed by atoms with Crippen LogP contribution in [0.1, 0.15) is 23.9 Å². The number of aliphatic imine (C=N–C) groups is 1. The largest absolute Gasteiger partial charge is 0.357 e. The Morgan fingerprint density at radius 2 is 1.97 bits per heavy atom. The molecule has 0 saturated heterocycles. The number of aryl methyl sites for hydroxylation is 1. The van der Waals surface area contributed by atoms with Crippen molar-refractivity contribution in [1.29, 1.82) is 0 Å². The van der Waals surface area contributed by atoms with Gasteiger partial charge in [0.05, 0.1) is 18.4 Å². The molecule has 6 nitrogen and oxygen atoms in total. The van der Waals surface area contributed by atoms with Crippen LogP contribution in [-0.4, -0.2) is 45.9 Å². The number of hydrogen-bond acceptors (Lipinski definition) is 3. The first-order valence-corrected chi connectivity index (χ1v) is 9.65. The second kappa shape index (κ2) is 11.5. The second-order valence-corrected chi connectivity index (χ2v) is 6.75. The maximum atomic E-state index is 4.78. The molecule has 0 saturated carbocycles. The predicted molar refractivity (Wildman–Crippen MR) is 130 cm³/mol. The van der Waals surface area contributed by atoms with Gasteiger partial charge < -0.3 is 15.2 Å². The van der Waals surface area contributed by atoms with Crippen LogP contribution >= 0.6 is 24.0 Å². The molecule has 3 aromatic rings. The number of aromatic amines is 1. The molecule has 0 bridgehead atoms. The van der Waals surface area contributed by atoms with E-state index in [2.05, 4.69) is 57.2 Å². The van der Waals surface area contributed by atoms with Gasteiger partial charge in [0.15, 0.2) is 5.96 Å². The molecule has 1 aromatic carbocycles. The number of rotatable bonds is 7. The standard InChI is InChI=1S/C22H28N6.HI/c1-4-24-22(25-13-11-18-10-12-23-14-17(18)2)28(3)16-21-26-15-20(27-21)19-8-6-5-7-9-19;/h5-10,12,14-15H,4,11,13,16H2,1-3H3,(H,24,25)(H,26,27);1H. The van der Waals surface area contributed by atoms with Crippen LogP contribution in [0.3, 0.4) is 0 Å². The first-order valence-electron chi connectivity index (χ1n) is 9.65. The number of guanidine groups is 1. The summed E-state index contributed by atoms with van der Waals surface area (Å²) in [6, 6.07) is 12.3. The number of hydrogen-bond donors (Lipinski definition) is 2. The Hall–Kier alpha value is -2.42. The number of pyridine rings is 1. The molecule has 0 unspecified atom stereocenters. The molecule has 0 aliphatic heterocycles. The molecule has 0 aliphatic rings. The lowest BCUT2D eigenvalue weighted by molar-refractivity contribution is 0.464. The first kappa shape index (κ1) is 22.9. The zero-order valence-electron chi connectivity index (χ0n) is 17.2. The Kier molecular flexibility index (Phi) is 9.11. The summed E-state index contributed by atoms with van der Waals surface area (Å²) in [5, 5.41) is 3.36. The number of imidazole rings is 1. The van der Waals surface area contributed by atoms with Crippen LogP contribution in [0.25, 0.3) is 11.3 Å². The Balaban J connectivity index is 0.00000300. The minimum Gasteiger partial charge on any atom is -0.357 e. The van der Waals surface area contributed by atoms with Crippen molar-refractivity contribution in [2.24, 2.45) is 4.99 Å². The quantitative estimate of drug-likeness (QED) is 0.290. The number of nitrogens with one attached hydrogen (secondary N) is 2. The van der Waals surface area contributed by atoms with E-state index in [1.54, 1.807) is 0 Å². The summed E-state index contributed by atoms with van der Waals surface area (Å²) >= 11 is 0. The van der Waals surface area contributed by atoms with Crippen LogP contribution in [0, 0.1) is 6.92 Å². The fourth-order valence-corrected chi connectivity index (χ4v) is 3.04. The minimum absolute atomic E-state index is 0. The maximum Gasteiger partial charge on any atom is 0.194 e. The molecule has 2 aromatic heterocycles. The van der Waals surface area contributed by atoms with Gasteiger partial charge in [-0.25, -0.2) is 4.98 Å². The van der Waals surface area contributed by atoms with Crippen molar-refractivity contribution in [2.75, 3.05) is 20.1 Å². The number of aromatic nitrogens is 3. The molecule has 29 heavy (non-hydrogen) atoms. The van der Waals surface area contributed by atoms with E-state index in [1.807, 2.05) is 43.8 Å². The van der Waals surface area contributed by atoms with Gasteiger partial charge in [-0.2, -0.15) is 0 Å². The summed E-state index contributed by atoms with van der Waals surface area (Å²) in [6.45, 7) is 6.38. The van der Waals surface area contributed by atoms with Crippen LogP contribution in [0.4, 0.5) is 0 Å². The van der Waals surface area contributed by atoms with Crippen molar-refractivity contribution in [2.45, 2.75) is 26.8 Å². The van der Waals surface area contributed by atoms with E-state index < -0.39 is 0 Å². The third-order valence-electron chi connectivity index (χ3n) is 4.58. The van der Waals surface area contributed by atoms with Gasteiger partial charge >= 0.3 is 0 Å². The number of nitrogens with zero attached hydrogens (tertiary/aromatic N) is 4. The number of benzene rings is 1. The molecular formula is C22H29IN6. The first-order chi connectivity index (χ1) is 13.7. The van der Waals surface area contributed by atoms with E-state index in [0.29, 0.717) is 6.54 Å². The van der Waals surface area contributed by atoms with Gasteiger partial charge in [0.1, 0.15) is 5.82 Å². The predicted octanol–water partition coefficient (Wildman–Crippen LogP) is 4.04. The van der Waals surface area contributed by atoms with E-state index in [0.717, 1.165) is 42.6 Å². The van der Waals surface area contributed by atoms with Crippen molar-refractivity contribution in [3.05, 3.63) is 71.9 Å². The van der Waals surface area contributed by atoms with Gasteiger partial charge in [-0.15, -0.1) is 24.0 Å². The fraction of sp³-hybridized carbons (Fsp3) is 0.318. The highest BCUT2D eigenvalue weighted by atomic mass is 127. The number of halogens is 1. The van der Waals surface area contributed by atoms with Gasteiger partial charge in [-0.05, 0) is 43.0 Å². The summed E-state index contributed by atoms with van der Waals surface area (Å²) in [7, 11) is 2.03. The Labute approximate surface area is 189 Å². The lowest BCUT2D eigenvalue weighted by atomic mass is 10.1. The summed E-state index contributed by atoms with van der Waals surface area (Å²) in [6.07, 6.45) is 6.52. The van der Waals surface area contributed by atoms with Gasteiger partial charge in [0.2, 0.25) is 0 Å². The molecule has 2 heterocycles. The highest BCUT2D eigenvalue weighted by Crippen LogP contribution is 2.16. The van der Waals surface area contributed by atoms with Gasteiger partial charge in [-0.1, -0.05) is 30.3 Å². The molecule has 0 aliphatic carbocycles. The van der Waals surface area contributed by atoms with Crippen LogP contribution in [0.2, 0.25) is 0 Å². The van der Waals surface area contributed by atoms with Crippen molar-refractivity contribution < 1.29 is 0 Å². The third kappa shape index (κ3) is 6.56. The van der Waals surface area contributed by atoms with Crippen LogP contribution in [-0.2, 0) is 13.0 Å². The summed E-state index contributed by atoms with van der Waals surface area (Å²) in [5.41, 5.74) is 4.66. The molecule has 0 fully saturated rings. The van der Waals surface area contributed by atoms with Crippen molar-refractivity contribution in [3.63, 3.8) is 0 Å². The lowest BCUT2D eigenvalue weighted by Crippen LogP contribution is -2.38. The van der Waals surface area contributed by atoms with Crippen LogP contribution < -0.4 is 5.32 Å². The molecule has 3 rings (SSSR count). The third-order valence-corrected chi connectivity index (χ3v) is 4.58. The van der Waals surface area contributed by atoms with Crippen molar-refractivity contribution in [1.82, 2.24) is 25.2 Å². The summed E-state index contributed by atoms with van der Waals surface area (Å²) in [4.78, 5) is 19.0. The molecule has 0 atom stereocenters. The highest BCUT2D eigenvalue weighted by Gasteiger charge is 2.10. The molecular weight excluding hydrogens is 475 g/mol. The zero-order valence-corrected chi connectivity index (χ0v) is 19.6. The Bertz CT molecular complexity index is 906. The second-order valence-electron chi connectivity index (χ2n) is 6.75. The average molecular weight is 504 g/mol. The van der Waals surface area contributed by atoms with E-state index in [9.17, 15) is 0 Å². The molecule has 7 heteroatoms. The van der Waals surface area contributed by atoms with Crippen molar-refractivity contribution >= 4 is 29.9 Å². The monoisotopic (exact) mass is 504 g/mol. The lowest BCUT2D eigenvalue weighted by Gasteiger charge is -2.21. The smallest absolute Gasteiger partial charge is 0.194 e. The fourth-order valence-electron chi connectivity index (χ4n) is 3.04. The Morgan fingerprint density at radius 1 is 1.17 bits per heavy atom.